The molecular weight excluding hydrogens is 102 g/mol. The molecule has 0 aromatic heterocycles. The molecule has 45 valence electrons. The molecule has 0 aromatic rings. The summed E-state index contributed by atoms with van der Waals surface area (Å²) in [5.74, 6) is 0.247. The lowest BCUT2D eigenvalue weighted by atomic mass is 10.1. The highest BCUT2D eigenvalue weighted by atomic mass is 16.1. The molecule has 0 saturated heterocycles. The second-order valence-electron chi connectivity index (χ2n) is 1.92. The van der Waals surface area contributed by atoms with Gasteiger partial charge >= 0.3 is 0 Å². The second-order valence-corrected chi connectivity index (χ2v) is 1.92. The van der Waals surface area contributed by atoms with E-state index in [4.69, 9.17) is 5.73 Å². The van der Waals surface area contributed by atoms with Crippen molar-refractivity contribution >= 4 is 6.29 Å². The Labute approximate surface area is 49.4 Å². The summed E-state index contributed by atoms with van der Waals surface area (Å²) in [7, 11) is 0. The summed E-state index contributed by atoms with van der Waals surface area (Å²) in [6, 6.07) is 0. The van der Waals surface area contributed by atoms with Gasteiger partial charge in [0.15, 0.2) is 0 Å². The zero-order chi connectivity index (χ0) is 6.57. The van der Waals surface area contributed by atoms with Gasteiger partial charge in [0, 0.05) is 11.8 Å². The first-order valence-corrected chi connectivity index (χ1v) is 2.51. The Hall–Kier alpha value is -0.790. The van der Waals surface area contributed by atoms with Crippen LogP contribution in [0.5, 0.6) is 0 Å². The van der Waals surface area contributed by atoms with Crippen molar-refractivity contribution in [2.24, 2.45) is 11.7 Å². The van der Waals surface area contributed by atoms with Crippen LogP contribution in [0.2, 0.25) is 0 Å². The van der Waals surface area contributed by atoms with Crippen molar-refractivity contribution in [3.8, 4) is 0 Å². The molecule has 1 radical (unpaired) electrons. The predicted molar refractivity (Wildman–Crippen MR) is 32.8 cm³/mol. The quantitative estimate of drug-likeness (QED) is 0.531. The molecule has 0 saturated carbocycles. The standard InChI is InChI=1S/C6H10NO/c1-5(2)6(7)3-4-8/h3,5H,7H2,1-2H3/b6-3-. The number of hydrogen-bond acceptors (Lipinski definition) is 2. The monoisotopic (exact) mass is 112 g/mol. The molecule has 0 atom stereocenters. The molecule has 0 bridgehead atoms. The third-order valence-corrected chi connectivity index (χ3v) is 0.892. The summed E-state index contributed by atoms with van der Waals surface area (Å²) >= 11 is 0. The third-order valence-electron chi connectivity index (χ3n) is 0.892. The number of nitrogens with two attached hydrogens (primary N) is 1. The zero-order valence-corrected chi connectivity index (χ0v) is 5.14. The largest absolute Gasteiger partial charge is 0.402 e. The average molecular weight is 112 g/mol. The lowest BCUT2D eigenvalue weighted by Crippen LogP contribution is -2.04. The molecule has 0 fully saturated rings. The molecule has 2 nitrogen and oxygen atoms in total. The maximum atomic E-state index is 9.64. The Morgan fingerprint density at radius 2 is 2.25 bits per heavy atom. The molecule has 2 heteroatoms. The zero-order valence-electron chi connectivity index (χ0n) is 5.14. The van der Waals surface area contributed by atoms with E-state index in [9.17, 15) is 4.79 Å². The van der Waals surface area contributed by atoms with Crippen LogP contribution in [0.4, 0.5) is 0 Å². The van der Waals surface area contributed by atoms with Gasteiger partial charge in [0.1, 0.15) is 0 Å². The van der Waals surface area contributed by atoms with Crippen LogP contribution in [0.25, 0.3) is 0 Å². The van der Waals surface area contributed by atoms with E-state index in [0.29, 0.717) is 5.70 Å². The lowest BCUT2D eigenvalue weighted by molar-refractivity contribution is 0.563. The van der Waals surface area contributed by atoms with Crippen LogP contribution in [0.1, 0.15) is 13.8 Å². The molecule has 0 heterocycles. The fourth-order valence-corrected chi connectivity index (χ4v) is 0.235. The molecular formula is C6H10NO. The summed E-state index contributed by atoms with van der Waals surface area (Å²) in [6.45, 7) is 3.84. The van der Waals surface area contributed by atoms with Crippen LogP contribution in [0.15, 0.2) is 11.8 Å². The van der Waals surface area contributed by atoms with Gasteiger partial charge < -0.3 is 5.73 Å². The second kappa shape index (κ2) is 3.24. The van der Waals surface area contributed by atoms with Gasteiger partial charge in [-0.2, -0.15) is 0 Å². The number of carbonyl (C=O) groups excluding carboxylic acids is 1. The summed E-state index contributed by atoms with van der Waals surface area (Å²) in [6.07, 6.45) is 2.87. The van der Waals surface area contributed by atoms with Gasteiger partial charge in [-0.3, -0.25) is 4.79 Å². The summed E-state index contributed by atoms with van der Waals surface area (Å²) in [4.78, 5) is 9.64. The average Bonchev–Trinajstić information content (AvgIpc) is 1.67. The normalized spacial score (nSPS) is 12.1. The first-order valence-electron chi connectivity index (χ1n) is 2.51. The van der Waals surface area contributed by atoms with Crippen molar-refractivity contribution < 1.29 is 4.79 Å². The minimum Gasteiger partial charge on any atom is -0.402 e. The van der Waals surface area contributed by atoms with Crippen LogP contribution in [-0.4, -0.2) is 6.29 Å². The third kappa shape index (κ3) is 2.39. The number of hydrogen-bond donors (Lipinski definition) is 1. The fourth-order valence-electron chi connectivity index (χ4n) is 0.235. The smallest absolute Gasteiger partial charge is 0.227 e. The Kier molecular flexibility index (Phi) is 2.92. The molecule has 0 spiro atoms. The molecule has 2 N–H and O–H groups in total. The summed E-state index contributed by atoms with van der Waals surface area (Å²) < 4.78 is 0. The number of rotatable bonds is 2. The van der Waals surface area contributed by atoms with E-state index in [1.165, 1.54) is 6.08 Å². The van der Waals surface area contributed by atoms with Gasteiger partial charge in [0.05, 0.1) is 0 Å². The van der Waals surface area contributed by atoms with Crippen LogP contribution >= 0.6 is 0 Å². The highest BCUT2D eigenvalue weighted by Gasteiger charge is 1.93. The fraction of sp³-hybridized carbons (Fsp3) is 0.500. The maximum Gasteiger partial charge on any atom is 0.227 e. The summed E-state index contributed by atoms with van der Waals surface area (Å²) in [5.41, 5.74) is 5.91. The SMILES string of the molecule is CC(C)/C(N)=C/[C]=O. The van der Waals surface area contributed by atoms with Crippen molar-refractivity contribution in [1.82, 2.24) is 0 Å². The van der Waals surface area contributed by atoms with Crippen molar-refractivity contribution in [2.75, 3.05) is 0 Å². The minimum atomic E-state index is 0.247. The Morgan fingerprint density at radius 3 is 2.38 bits per heavy atom. The van der Waals surface area contributed by atoms with Crippen molar-refractivity contribution in [3.05, 3.63) is 11.8 Å². The number of allylic oxidation sites excluding steroid dienone is 2. The van der Waals surface area contributed by atoms with E-state index in [1.807, 2.05) is 13.8 Å². The van der Waals surface area contributed by atoms with Gasteiger partial charge in [-0.1, -0.05) is 13.8 Å². The van der Waals surface area contributed by atoms with Gasteiger partial charge in [-0.05, 0) is 5.92 Å². The molecule has 0 unspecified atom stereocenters. The van der Waals surface area contributed by atoms with Crippen LogP contribution in [0, 0.1) is 5.92 Å². The molecule has 0 amide bonds. The van der Waals surface area contributed by atoms with Crippen molar-refractivity contribution in [3.63, 3.8) is 0 Å². The van der Waals surface area contributed by atoms with E-state index in [2.05, 4.69) is 0 Å². The molecule has 0 aliphatic heterocycles. The maximum absolute atomic E-state index is 9.64. The molecule has 0 rings (SSSR count). The van der Waals surface area contributed by atoms with E-state index in [0.717, 1.165) is 0 Å². The lowest BCUT2D eigenvalue weighted by Gasteiger charge is -1.99. The van der Waals surface area contributed by atoms with Gasteiger partial charge in [-0.15, -0.1) is 0 Å². The highest BCUT2D eigenvalue weighted by molar-refractivity contribution is 5.66. The van der Waals surface area contributed by atoms with E-state index >= 15 is 0 Å². The van der Waals surface area contributed by atoms with E-state index in [1.54, 1.807) is 6.29 Å². The van der Waals surface area contributed by atoms with Gasteiger partial charge in [0.25, 0.3) is 0 Å². The van der Waals surface area contributed by atoms with Gasteiger partial charge in [0.2, 0.25) is 6.29 Å². The Morgan fingerprint density at radius 1 is 1.75 bits per heavy atom. The Bertz CT molecular complexity index is 105. The van der Waals surface area contributed by atoms with Gasteiger partial charge in [-0.25, -0.2) is 0 Å². The van der Waals surface area contributed by atoms with Crippen LogP contribution < -0.4 is 5.73 Å². The molecule has 0 aliphatic carbocycles. The van der Waals surface area contributed by atoms with E-state index < -0.39 is 0 Å². The predicted octanol–water partition coefficient (Wildman–Crippen LogP) is 0.595. The first-order chi connectivity index (χ1) is 3.68. The van der Waals surface area contributed by atoms with Crippen LogP contribution in [-0.2, 0) is 4.79 Å². The highest BCUT2D eigenvalue weighted by Crippen LogP contribution is 1.99. The summed E-state index contributed by atoms with van der Waals surface area (Å²) in [5, 5.41) is 0. The minimum absolute atomic E-state index is 0.247. The van der Waals surface area contributed by atoms with Crippen molar-refractivity contribution in [2.45, 2.75) is 13.8 Å². The topological polar surface area (TPSA) is 43.1 Å². The molecule has 0 aromatic carbocycles. The van der Waals surface area contributed by atoms with Crippen molar-refractivity contribution in [1.29, 1.82) is 0 Å². The Balaban J connectivity index is 3.78. The first kappa shape index (κ1) is 7.21. The van der Waals surface area contributed by atoms with Crippen LogP contribution in [0.3, 0.4) is 0 Å². The molecule has 0 aliphatic rings. The molecule has 8 heavy (non-hydrogen) atoms. The van der Waals surface area contributed by atoms with E-state index in [-0.39, 0.29) is 5.92 Å².